The van der Waals surface area contributed by atoms with Gasteiger partial charge < -0.3 is 5.73 Å². The first-order valence-corrected chi connectivity index (χ1v) is 6.70. The number of hydrogen-bond acceptors (Lipinski definition) is 4. The fourth-order valence-electron chi connectivity index (χ4n) is 1.80. The Balaban J connectivity index is 2.21. The van der Waals surface area contributed by atoms with Crippen molar-refractivity contribution in [2.45, 2.75) is 29.7 Å². The Morgan fingerprint density at radius 1 is 1.50 bits per heavy atom. The minimum atomic E-state index is -3.48. The molecule has 0 bridgehead atoms. The molecule has 88 valence electrons. The molecule has 6 heteroatoms. The van der Waals surface area contributed by atoms with E-state index in [4.69, 9.17) is 5.73 Å². The smallest absolute Gasteiger partial charge is 0.242 e. The van der Waals surface area contributed by atoms with Crippen LogP contribution in [-0.2, 0) is 10.0 Å². The molecule has 16 heavy (non-hydrogen) atoms. The van der Waals surface area contributed by atoms with Crippen LogP contribution in [0, 0.1) is 0 Å². The average molecular weight is 241 g/mol. The first-order valence-electron chi connectivity index (χ1n) is 5.22. The summed E-state index contributed by atoms with van der Waals surface area (Å²) in [6, 6.07) is 3.13. The van der Waals surface area contributed by atoms with E-state index < -0.39 is 15.6 Å². The predicted molar refractivity (Wildman–Crippen MR) is 60.2 cm³/mol. The highest BCUT2D eigenvalue weighted by Gasteiger charge is 2.39. The molecule has 1 fully saturated rings. The van der Waals surface area contributed by atoms with Crippen LogP contribution in [0.4, 0.5) is 0 Å². The van der Waals surface area contributed by atoms with Crippen molar-refractivity contribution in [3.05, 3.63) is 24.5 Å². The summed E-state index contributed by atoms with van der Waals surface area (Å²) in [5, 5.41) is 0. The van der Waals surface area contributed by atoms with E-state index in [1.807, 2.05) is 0 Å². The highest BCUT2D eigenvalue weighted by Crippen LogP contribution is 2.32. The Bertz CT molecular complexity index is 449. The van der Waals surface area contributed by atoms with Gasteiger partial charge >= 0.3 is 0 Å². The molecule has 0 atom stereocenters. The zero-order valence-corrected chi connectivity index (χ0v) is 9.70. The van der Waals surface area contributed by atoms with Gasteiger partial charge in [-0.25, -0.2) is 13.1 Å². The van der Waals surface area contributed by atoms with Crippen molar-refractivity contribution in [2.24, 2.45) is 5.73 Å². The van der Waals surface area contributed by atoms with Crippen molar-refractivity contribution in [3.63, 3.8) is 0 Å². The van der Waals surface area contributed by atoms with E-state index in [2.05, 4.69) is 9.71 Å². The summed E-state index contributed by atoms with van der Waals surface area (Å²) in [6.07, 6.45) is 5.52. The highest BCUT2D eigenvalue weighted by molar-refractivity contribution is 7.89. The van der Waals surface area contributed by atoms with Gasteiger partial charge in [0.1, 0.15) is 4.90 Å². The zero-order chi connectivity index (χ0) is 11.6. The van der Waals surface area contributed by atoms with Crippen molar-refractivity contribution in [1.29, 1.82) is 0 Å². The third-order valence-electron chi connectivity index (χ3n) is 3.00. The molecule has 0 saturated heterocycles. The van der Waals surface area contributed by atoms with Crippen molar-refractivity contribution in [2.75, 3.05) is 6.54 Å². The second-order valence-electron chi connectivity index (χ2n) is 4.13. The monoisotopic (exact) mass is 241 g/mol. The topological polar surface area (TPSA) is 85.1 Å². The van der Waals surface area contributed by atoms with Gasteiger partial charge in [0.05, 0.1) is 0 Å². The van der Waals surface area contributed by atoms with Crippen molar-refractivity contribution >= 4 is 10.0 Å². The van der Waals surface area contributed by atoms with Gasteiger partial charge in [-0.15, -0.1) is 0 Å². The number of nitrogens with zero attached hydrogens (tertiary/aromatic N) is 1. The standard InChI is InChI=1S/C10H15N3O2S/c11-8-10(4-2-5-10)13-16(14,15)9-3-1-6-12-7-9/h1,3,6-7,13H,2,4-5,8,11H2. The molecule has 0 spiro atoms. The summed E-state index contributed by atoms with van der Waals surface area (Å²) in [5.74, 6) is 0. The maximum absolute atomic E-state index is 12.0. The third-order valence-corrected chi connectivity index (χ3v) is 4.56. The van der Waals surface area contributed by atoms with Gasteiger partial charge in [-0.05, 0) is 31.4 Å². The number of hydrogen-bond donors (Lipinski definition) is 2. The molecule has 0 amide bonds. The Kier molecular flexibility index (Phi) is 2.96. The van der Waals surface area contributed by atoms with Crippen molar-refractivity contribution < 1.29 is 8.42 Å². The maximum Gasteiger partial charge on any atom is 0.242 e. The summed E-state index contributed by atoms with van der Waals surface area (Å²) in [7, 11) is -3.48. The SMILES string of the molecule is NCC1(NS(=O)(=O)c2cccnc2)CCC1. The van der Waals surface area contributed by atoms with E-state index in [0.29, 0.717) is 6.54 Å². The molecule has 0 aliphatic heterocycles. The van der Waals surface area contributed by atoms with Crippen molar-refractivity contribution in [3.8, 4) is 0 Å². The van der Waals surface area contributed by atoms with Crippen LogP contribution >= 0.6 is 0 Å². The van der Waals surface area contributed by atoms with Gasteiger partial charge in [-0.1, -0.05) is 0 Å². The zero-order valence-electron chi connectivity index (χ0n) is 8.89. The van der Waals surface area contributed by atoms with Crippen LogP contribution < -0.4 is 10.5 Å². The van der Waals surface area contributed by atoms with E-state index in [9.17, 15) is 8.42 Å². The second kappa shape index (κ2) is 4.12. The predicted octanol–water partition coefficient (Wildman–Crippen LogP) is 0.241. The van der Waals surface area contributed by atoms with E-state index in [1.54, 1.807) is 12.3 Å². The lowest BCUT2D eigenvalue weighted by atomic mass is 9.78. The lowest BCUT2D eigenvalue weighted by Crippen LogP contribution is -2.58. The molecule has 3 N–H and O–H groups in total. The van der Waals surface area contributed by atoms with Gasteiger partial charge in [0.2, 0.25) is 10.0 Å². The molecule has 5 nitrogen and oxygen atoms in total. The summed E-state index contributed by atoms with van der Waals surface area (Å²) in [4.78, 5) is 3.99. The first-order chi connectivity index (χ1) is 7.58. The minimum absolute atomic E-state index is 0.190. The Morgan fingerprint density at radius 3 is 2.69 bits per heavy atom. The van der Waals surface area contributed by atoms with Crippen LogP contribution in [0.2, 0.25) is 0 Å². The Labute approximate surface area is 95.1 Å². The van der Waals surface area contributed by atoms with Gasteiger partial charge in [0.25, 0.3) is 0 Å². The lowest BCUT2D eigenvalue weighted by molar-refractivity contribution is 0.230. The summed E-state index contributed by atoms with van der Waals surface area (Å²) in [6.45, 7) is 0.340. The summed E-state index contributed by atoms with van der Waals surface area (Å²) in [5.41, 5.74) is 5.18. The molecule has 1 aliphatic carbocycles. The minimum Gasteiger partial charge on any atom is -0.329 e. The van der Waals surface area contributed by atoms with Crippen LogP contribution in [0.3, 0.4) is 0 Å². The molecular weight excluding hydrogens is 226 g/mol. The first kappa shape index (κ1) is 11.5. The summed E-state index contributed by atoms with van der Waals surface area (Å²) < 4.78 is 26.7. The van der Waals surface area contributed by atoms with Crippen LogP contribution in [0.25, 0.3) is 0 Å². The number of nitrogens with two attached hydrogens (primary N) is 1. The van der Waals surface area contributed by atoms with Crippen LogP contribution in [0.1, 0.15) is 19.3 Å². The number of nitrogens with one attached hydrogen (secondary N) is 1. The molecule has 0 radical (unpaired) electrons. The Morgan fingerprint density at radius 2 is 2.25 bits per heavy atom. The molecular formula is C10H15N3O2S. The maximum atomic E-state index is 12.0. The molecule has 1 aromatic heterocycles. The molecule has 0 unspecified atom stereocenters. The van der Waals surface area contributed by atoms with E-state index in [1.165, 1.54) is 12.3 Å². The second-order valence-corrected chi connectivity index (χ2v) is 5.81. The molecule has 0 aromatic carbocycles. The largest absolute Gasteiger partial charge is 0.329 e. The van der Waals surface area contributed by atoms with Crippen LogP contribution in [0.15, 0.2) is 29.4 Å². The highest BCUT2D eigenvalue weighted by atomic mass is 32.2. The fourth-order valence-corrected chi connectivity index (χ4v) is 3.23. The summed E-state index contributed by atoms with van der Waals surface area (Å²) >= 11 is 0. The molecule has 1 aliphatic rings. The normalized spacial score (nSPS) is 19.1. The molecule has 1 saturated carbocycles. The third kappa shape index (κ3) is 2.09. The van der Waals surface area contributed by atoms with Gasteiger partial charge in [-0.3, -0.25) is 4.98 Å². The van der Waals surface area contributed by atoms with E-state index >= 15 is 0 Å². The number of sulfonamides is 1. The van der Waals surface area contributed by atoms with Crippen molar-refractivity contribution in [1.82, 2.24) is 9.71 Å². The average Bonchev–Trinajstić information content (AvgIpc) is 2.25. The number of rotatable bonds is 4. The molecule has 1 heterocycles. The molecule has 1 aromatic rings. The van der Waals surface area contributed by atoms with Crippen LogP contribution in [-0.4, -0.2) is 25.5 Å². The number of pyridine rings is 1. The van der Waals surface area contributed by atoms with Gasteiger partial charge in [0.15, 0.2) is 0 Å². The van der Waals surface area contributed by atoms with Gasteiger partial charge in [0, 0.05) is 24.5 Å². The number of aromatic nitrogens is 1. The molecule has 2 rings (SSSR count). The Hall–Kier alpha value is -0.980. The fraction of sp³-hybridized carbons (Fsp3) is 0.500. The van der Waals surface area contributed by atoms with Crippen LogP contribution in [0.5, 0.6) is 0 Å². The quantitative estimate of drug-likeness (QED) is 0.791. The lowest BCUT2D eigenvalue weighted by Gasteiger charge is -2.41. The van der Waals surface area contributed by atoms with Gasteiger partial charge in [-0.2, -0.15) is 0 Å². The van der Waals surface area contributed by atoms with E-state index in [-0.39, 0.29) is 4.90 Å². The van der Waals surface area contributed by atoms with E-state index in [0.717, 1.165) is 19.3 Å².